The molecule has 1 amide bonds. The number of hydrogen-bond donors (Lipinski definition) is 1. The summed E-state index contributed by atoms with van der Waals surface area (Å²) >= 11 is 19.4. The number of pyridine rings is 1. The van der Waals surface area contributed by atoms with Gasteiger partial charge >= 0.3 is 0 Å². The second kappa shape index (κ2) is 11.3. The molecule has 1 unspecified atom stereocenters. The summed E-state index contributed by atoms with van der Waals surface area (Å²) in [7, 11) is 0. The van der Waals surface area contributed by atoms with Crippen LogP contribution in [0.5, 0.6) is 0 Å². The summed E-state index contributed by atoms with van der Waals surface area (Å²) in [6.07, 6.45) is 0. The van der Waals surface area contributed by atoms with E-state index in [-0.39, 0.29) is 0 Å². The molecule has 3 aromatic rings. The Morgan fingerprint density at radius 1 is 0.971 bits per heavy atom. The molecule has 1 aromatic heterocycles. The average Bonchev–Trinajstić information content (AvgIpc) is 2.83. The highest BCUT2D eigenvalue weighted by Crippen LogP contribution is 2.37. The molecule has 5 nitrogen and oxygen atoms in total. The lowest BCUT2D eigenvalue weighted by Gasteiger charge is -2.34. The fraction of sp³-hybridized carbons (Fsp3) is 0.333. The number of hydrogen-bond acceptors (Lipinski definition) is 4. The highest BCUT2D eigenvalue weighted by Gasteiger charge is 2.28. The largest absolute Gasteiger partial charge is 0.369 e. The molecule has 35 heavy (non-hydrogen) atoms. The number of rotatable bonds is 7. The minimum absolute atomic E-state index is 0.379. The van der Waals surface area contributed by atoms with Crippen LogP contribution in [0.2, 0.25) is 15.1 Å². The van der Waals surface area contributed by atoms with Crippen molar-refractivity contribution in [1.82, 2.24) is 14.8 Å². The Hall–Kier alpha value is -2.15. The molecule has 0 spiro atoms. The van der Waals surface area contributed by atoms with Crippen LogP contribution in [-0.2, 0) is 11.3 Å². The topological polar surface area (TPSA) is 62.5 Å². The third-order valence-corrected chi connectivity index (χ3v) is 7.70. The molecular formula is C27H29Cl3N4O. The van der Waals surface area contributed by atoms with Crippen molar-refractivity contribution in [3.8, 4) is 11.3 Å². The van der Waals surface area contributed by atoms with Crippen molar-refractivity contribution in [2.45, 2.75) is 26.3 Å². The van der Waals surface area contributed by atoms with Crippen molar-refractivity contribution in [1.29, 1.82) is 0 Å². The Morgan fingerprint density at radius 2 is 1.57 bits per heavy atom. The number of aromatic nitrogens is 1. The first-order valence-electron chi connectivity index (χ1n) is 11.7. The maximum atomic E-state index is 12.8. The van der Waals surface area contributed by atoms with Gasteiger partial charge in [-0.15, -0.1) is 0 Å². The van der Waals surface area contributed by atoms with E-state index < -0.39 is 11.8 Å². The number of nitrogens with zero attached hydrogens (tertiary/aromatic N) is 3. The van der Waals surface area contributed by atoms with Crippen molar-refractivity contribution in [2.75, 3.05) is 32.7 Å². The van der Waals surface area contributed by atoms with E-state index in [1.54, 1.807) is 18.2 Å². The van der Waals surface area contributed by atoms with E-state index in [0.29, 0.717) is 26.3 Å². The molecule has 2 heterocycles. The zero-order chi connectivity index (χ0) is 25.1. The van der Waals surface area contributed by atoms with Gasteiger partial charge in [-0.25, -0.2) is 0 Å². The van der Waals surface area contributed by atoms with Crippen molar-refractivity contribution in [2.24, 2.45) is 5.73 Å². The second-order valence-corrected chi connectivity index (χ2v) is 10.1. The van der Waals surface area contributed by atoms with E-state index >= 15 is 0 Å². The summed E-state index contributed by atoms with van der Waals surface area (Å²) in [5.41, 5.74) is 10.5. The zero-order valence-electron chi connectivity index (χ0n) is 19.9. The molecule has 1 aliphatic heterocycles. The molecule has 8 heteroatoms. The van der Waals surface area contributed by atoms with Gasteiger partial charge in [0.2, 0.25) is 5.91 Å². The molecule has 0 radical (unpaired) electrons. The Bertz CT molecular complexity index is 1200. The molecule has 0 aliphatic carbocycles. The quantitative estimate of drug-likeness (QED) is 0.420. The fourth-order valence-corrected chi connectivity index (χ4v) is 5.41. The van der Waals surface area contributed by atoms with Crippen molar-refractivity contribution >= 4 is 40.7 Å². The normalized spacial score (nSPS) is 15.8. The van der Waals surface area contributed by atoms with E-state index in [0.717, 1.165) is 61.7 Å². The molecule has 2 aromatic carbocycles. The number of halogens is 3. The van der Waals surface area contributed by atoms with Crippen molar-refractivity contribution in [3.05, 3.63) is 86.0 Å². The van der Waals surface area contributed by atoms with Gasteiger partial charge in [0, 0.05) is 58.9 Å². The monoisotopic (exact) mass is 530 g/mol. The molecule has 0 bridgehead atoms. The first-order valence-corrected chi connectivity index (χ1v) is 12.9. The van der Waals surface area contributed by atoms with Crippen LogP contribution in [0.3, 0.4) is 0 Å². The van der Waals surface area contributed by atoms with E-state index in [1.807, 2.05) is 31.2 Å². The molecule has 4 rings (SSSR count). The summed E-state index contributed by atoms with van der Waals surface area (Å²) in [6.45, 7) is 9.98. The van der Waals surface area contributed by atoms with Crippen molar-refractivity contribution in [3.63, 3.8) is 0 Å². The van der Waals surface area contributed by atoms with Gasteiger partial charge < -0.3 is 10.6 Å². The van der Waals surface area contributed by atoms with E-state index in [1.165, 1.54) is 0 Å². The number of amides is 1. The van der Waals surface area contributed by atoms with Gasteiger partial charge in [-0.2, -0.15) is 0 Å². The van der Waals surface area contributed by atoms with Crippen LogP contribution in [0.15, 0.2) is 48.5 Å². The van der Waals surface area contributed by atoms with Crippen LogP contribution in [0, 0.1) is 6.92 Å². The highest BCUT2D eigenvalue weighted by atomic mass is 35.5. The highest BCUT2D eigenvalue weighted by molar-refractivity contribution is 6.36. The first-order chi connectivity index (χ1) is 16.8. The van der Waals surface area contributed by atoms with E-state index in [2.05, 4.69) is 22.8 Å². The van der Waals surface area contributed by atoms with E-state index in [4.69, 9.17) is 45.5 Å². The Morgan fingerprint density at radius 3 is 2.20 bits per heavy atom. The number of primary amides is 1. The van der Waals surface area contributed by atoms with Crippen LogP contribution in [0.4, 0.5) is 0 Å². The maximum Gasteiger partial charge on any atom is 0.231 e. The van der Waals surface area contributed by atoms with Gasteiger partial charge in [-0.05, 0) is 54.9 Å². The average molecular weight is 532 g/mol. The Labute approximate surface area is 221 Å². The van der Waals surface area contributed by atoms with Crippen LogP contribution in [-0.4, -0.2) is 53.4 Å². The predicted octanol–water partition coefficient (Wildman–Crippen LogP) is 5.77. The summed E-state index contributed by atoms with van der Waals surface area (Å²) in [5.74, 6) is -1.44. The molecule has 1 fully saturated rings. The summed E-state index contributed by atoms with van der Waals surface area (Å²) in [6, 6.07) is 14.9. The summed E-state index contributed by atoms with van der Waals surface area (Å²) in [5, 5.41) is 1.42. The lowest BCUT2D eigenvalue weighted by atomic mass is 9.92. The number of likely N-dealkylation sites (N-methyl/N-ethyl adjacent to an activating group) is 1. The van der Waals surface area contributed by atoms with Gasteiger partial charge in [-0.3, -0.25) is 14.7 Å². The molecule has 1 saturated heterocycles. The van der Waals surface area contributed by atoms with Crippen LogP contribution in [0.25, 0.3) is 11.3 Å². The third kappa shape index (κ3) is 5.82. The number of carbonyl (C=O) groups excluding carboxylic acids is 1. The van der Waals surface area contributed by atoms with Crippen LogP contribution >= 0.6 is 34.8 Å². The van der Waals surface area contributed by atoms with Gasteiger partial charge in [0.25, 0.3) is 0 Å². The Kier molecular flexibility index (Phi) is 8.35. The minimum Gasteiger partial charge on any atom is -0.369 e. The van der Waals surface area contributed by atoms with E-state index in [9.17, 15) is 4.79 Å². The first kappa shape index (κ1) is 25.9. The predicted molar refractivity (Wildman–Crippen MR) is 144 cm³/mol. The van der Waals surface area contributed by atoms with Gasteiger partial charge in [0.05, 0.1) is 11.4 Å². The summed E-state index contributed by atoms with van der Waals surface area (Å²) in [4.78, 5) is 22.5. The fourth-order valence-electron chi connectivity index (χ4n) is 4.62. The van der Waals surface area contributed by atoms with Gasteiger partial charge in [0.15, 0.2) is 0 Å². The minimum atomic E-state index is -0.883. The number of benzene rings is 2. The smallest absolute Gasteiger partial charge is 0.231 e. The van der Waals surface area contributed by atoms with Crippen LogP contribution < -0.4 is 5.73 Å². The SMILES string of the molecule is CCN1CCN(Cc2cc(-c3cccc(Cl)c3C)nc(C(C(N)=O)c3c(Cl)cccc3Cl)c2)CC1. The van der Waals surface area contributed by atoms with Gasteiger partial charge in [-0.1, -0.05) is 59.9 Å². The molecule has 1 atom stereocenters. The third-order valence-electron chi connectivity index (χ3n) is 6.64. The zero-order valence-corrected chi connectivity index (χ0v) is 22.2. The number of nitrogens with two attached hydrogens (primary N) is 1. The number of piperazine rings is 1. The molecule has 2 N–H and O–H groups in total. The van der Waals surface area contributed by atoms with Gasteiger partial charge in [0.1, 0.15) is 5.92 Å². The lowest BCUT2D eigenvalue weighted by Crippen LogP contribution is -2.45. The molecule has 1 aliphatic rings. The Balaban J connectivity index is 1.82. The summed E-state index contributed by atoms with van der Waals surface area (Å²) < 4.78 is 0. The van der Waals surface area contributed by atoms with Crippen LogP contribution in [0.1, 0.15) is 35.2 Å². The maximum absolute atomic E-state index is 12.8. The van der Waals surface area contributed by atoms with Crippen molar-refractivity contribution < 1.29 is 4.79 Å². The number of carbonyl (C=O) groups is 1. The standard InChI is InChI=1S/C27H29Cl3N4O/c1-3-33-10-12-34(13-11-33)16-18-14-23(19-6-4-7-20(28)17(19)2)32-24(15-18)26(27(31)35)25-21(29)8-5-9-22(25)30/h4-9,14-15,26H,3,10-13,16H2,1-2H3,(H2,31,35). The lowest BCUT2D eigenvalue weighted by molar-refractivity contribution is -0.118. The second-order valence-electron chi connectivity index (χ2n) is 8.88. The molecular weight excluding hydrogens is 503 g/mol. The molecule has 184 valence electrons. The molecule has 0 saturated carbocycles.